The Labute approximate surface area is 149 Å². The van der Waals surface area contributed by atoms with Gasteiger partial charge in [-0.3, -0.25) is 4.79 Å². The zero-order chi connectivity index (χ0) is 16.9. The first-order valence-corrected chi connectivity index (χ1v) is 7.89. The number of amides is 1. The molecule has 1 amide bonds. The third-order valence-electron chi connectivity index (χ3n) is 3.23. The molecule has 1 heterocycles. The van der Waals surface area contributed by atoms with Gasteiger partial charge in [-0.1, -0.05) is 35.3 Å². The summed E-state index contributed by atoms with van der Waals surface area (Å²) in [6.45, 7) is 0.340. The fourth-order valence-electron chi connectivity index (χ4n) is 2.06. The van der Waals surface area contributed by atoms with Crippen LogP contribution >= 0.6 is 23.2 Å². The second-order valence-corrected chi connectivity index (χ2v) is 5.81. The maximum absolute atomic E-state index is 12.0. The fourth-order valence-corrected chi connectivity index (χ4v) is 2.38. The average Bonchev–Trinajstić information content (AvgIpc) is 3.11. The summed E-state index contributed by atoms with van der Waals surface area (Å²) in [5, 5.41) is 3.73. The van der Waals surface area contributed by atoms with Gasteiger partial charge in [0.15, 0.2) is 5.76 Å². The number of anilines is 1. The van der Waals surface area contributed by atoms with Crippen LogP contribution in [0.5, 0.6) is 5.75 Å². The van der Waals surface area contributed by atoms with E-state index in [2.05, 4.69) is 5.32 Å². The second kappa shape index (κ2) is 7.43. The molecular weight excluding hydrogens is 349 g/mol. The number of benzene rings is 2. The molecule has 0 aliphatic carbocycles. The van der Waals surface area contributed by atoms with E-state index in [1.165, 1.54) is 6.26 Å². The summed E-state index contributed by atoms with van der Waals surface area (Å²) < 4.78 is 10.8. The molecule has 1 aromatic heterocycles. The van der Waals surface area contributed by atoms with Crippen LogP contribution in [0.1, 0.15) is 16.1 Å². The predicted octanol–water partition coefficient (Wildman–Crippen LogP) is 5.42. The largest absolute Gasteiger partial charge is 0.489 e. The lowest BCUT2D eigenvalue weighted by atomic mass is 10.2. The van der Waals surface area contributed by atoms with E-state index in [4.69, 9.17) is 32.4 Å². The van der Waals surface area contributed by atoms with Gasteiger partial charge in [0.2, 0.25) is 0 Å². The molecule has 0 saturated carbocycles. The number of halogens is 2. The summed E-state index contributed by atoms with van der Waals surface area (Å²) in [7, 11) is 0. The van der Waals surface area contributed by atoms with Crippen molar-refractivity contribution in [1.82, 2.24) is 0 Å². The summed E-state index contributed by atoms with van der Waals surface area (Å²) >= 11 is 11.9. The smallest absolute Gasteiger partial charge is 0.291 e. The van der Waals surface area contributed by atoms with Gasteiger partial charge in [-0.25, -0.2) is 0 Å². The van der Waals surface area contributed by atoms with Crippen LogP contribution in [0.3, 0.4) is 0 Å². The number of carbonyl (C=O) groups is 1. The topological polar surface area (TPSA) is 51.5 Å². The van der Waals surface area contributed by atoms with Gasteiger partial charge in [-0.2, -0.15) is 0 Å². The van der Waals surface area contributed by atoms with Crippen LogP contribution in [0.4, 0.5) is 5.69 Å². The van der Waals surface area contributed by atoms with E-state index in [0.717, 1.165) is 5.56 Å². The van der Waals surface area contributed by atoms with Crippen molar-refractivity contribution in [2.45, 2.75) is 6.61 Å². The molecule has 0 aliphatic rings. The highest BCUT2D eigenvalue weighted by molar-refractivity contribution is 6.42. The first-order valence-electron chi connectivity index (χ1n) is 7.13. The van der Waals surface area contributed by atoms with Crippen molar-refractivity contribution in [2.24, 2.45) is 0 Å². The summed E-state index contributed by atoms with van der Waals surface area (Å²) in [5.74, 6) is 0.553. The fraction of sp³-hybridized carbons (Fsp3) is 0.0556. The minimum absolute atomic E-state index is 0.247. The summed E-state index contributed by atoms with van der Waals surface area (Å²) in [6, 6.07) is 15.7. The third-order valence-corrected chi connectivity index (χ3v) is 3.97. The summed E-state index contributed by atoms with van der Waals surface area (Å²) in [5.41, 5.74) is 1.51. The molecule has 3 aromatic rings. The van der Waals surface area contributed by atoms with Gasteiger partial charge in [-0.15, -0.1) is 0 Å². The van der Waals surface area contributed by atoms with Crippen molar-refractivity contribution in [1.29, 1.82) is 0 Å². The monoisotopic (exact) mass is 361 g/mol. The summed E-state index contributed by atoms with van der Waals surface area (Å²) in [6.07, 6.45) is 1.45. The maximum atomic E-state index is 12.0. The molecule has 0 radical (unpaired) electrons. The number of rotatable bonds is 5. The van der Waals surface area contributed by atoms with Gasteiger partial charge in [0.05, 0.1) is 16.3 Å². The van der Waals surface area contributed by atoms with Crippen molar-refractivity contribution < 1.29 is 13.9 Å². The van der Waals surface area contributed by atoms with E-state index in [-0.39, 0.29) is 11.7 Å². The second-order valence-electron chi connectivity index (χ2n) is 5.00. The van der Waals surface area contributed by atoms with E-state index in [1.54, 1.807) is 48.5 Å². The van der Waals surface area contributed by atoms with Crippen molar-refractivity contribution in [3.05, 3.63) is 82.2 Å². The first-order chi connectivity index (χ1) is 11.6. The molecule has 6 heteroatoms. The lowest BCUT2D eigenvalue weighted by Gasteiger charge is -2.09. The van der Waals surface area contributed by atoms with E-state index in [9.17, 15) is 4.79 Å². The zero-order valence-corrected chi connectivity index (χ0v) is 14.0. The standard InChI is InChI=1S/C18H13Cl2NO3/c19-15-7-6-12(9-16(15)20)11-24-14-4-1-3-13(10-14)21-18(22)17-5-2-8-23-17/h1-10H,11H2,(H,21,22). The third kappa shape index (κ3) is 4.10. The van der Waals surface area contributed by atoms with E-state index in [1.807, 2.05) is 6.07 Å². The Morgan fingerprint density at radius 1 is 1.04 bits per heavy atom. The van der Waals surface area contributed by atoms with Crippen LogP contribution in [0, 0.1) is 0 Å². The Hall–Kier alpha value is -2.43. The molecular formula is C18H13Cl2NO3. The molecule has 0 aliphatic heterocycles. The maximum Gasteiger partial charge on any atom is 0.291 e. The van der Waals surface area contributed by atoms with Gasteiger partial charge in [-0.05, 0) is 42.0 Å². The molecule has 0 bridgehead atoms. The van der Waals surface area contributed by atoms with Crippen molar-refractivity contribution in [2.75, 3.05) is 5.32 Å². The van der Waals surface area contributed by atoms with Crippen LogP contribution in [0.2, 0.25) is 10.0 Å². The molecule has 0 spiro atoms. The summed E-state index contributed by atoms with van der Waals surface area (Å²) in [4.78, 5) is 12.0. The Balaban J connectivity index is 1.64. The van der Waals surface area contributed by atoms with Crippen LogP contribution in [0.15, 0.2) is 65.3 Å². The lowest BCUT2D eigenvalue weighted by Crippen LogP contribution is -2.10. The molecule has 2 aromatic carbocycles. The molecule has 24 heavy (non-hydrogen) atoms. The molecule has 0 atom stereocenters. The van der Waals surface area contributed by atoms with Crippen molar-refractivity contribution in [3.63, 3.8) is 0 Å². The molecule has 3 rings (SSSR count). The number of furan rings is 1. The van der Waals surface area contributed by atoms with Gasteiger partial charge < -0.3 is 14.5 Å². The predicted molar refractivity (Wildman–Crippen MR) is 93.9 cm³/mol. The lowest BCUT2D eigenvalue weighted by molar-refractivity contribution is 0.0996. The SMILES string of the molecule is O=C(Nc1cccc(OCc2ccc(Cl)c(Cl)c2)c1)c1ccco1. The molecule has 0 saturated heterocycles. The highest BCUT2D eigenvalue weighted by atomic mass is 35.5. The Bertz CT molecular complexity index is 847. The minimum atomic E-state index is -0.318. The average molecular weight is 362 g/mol. The van der Waals surface area contributed by atoms with Gasteiger partial charge in [0.25, 0.3) is 5.91 Å². The van der Waals surface area contributed by atoms with Crippen molar-refractivity contribution >= 4 is 34.8 Å². The van der Waals surface area contributed by atoms with Crippen LogP contribution in [0.25, 0.3) is 0 Å². The van der Waals surface area contributed by atoms with Crippen molar-refractivity contribution in [3.8, 4) is 5.75 Å². The van der Waals surface area contributed by atoms with E-state index >= 15 is 0 Å². The number of carbonyl (C=O) groups excluding carboxylic acids is 1. The van der Waals surface area contributed by atoms with E-state index < -0.39 is 0 Å². The zero-order valence-electron chi connectivity index (χ0n) is 12.5. The number of nitrogens with one attached hydrogen (secondary N) is 1. The first kappa shape index (κ1) is 16.4. The Kier molecular flexibility index (Phi) is 5.08. The number of ether oxygens (including phenoxy) is 1. The Morgan fingerprint density at radius 2 is 1.92 bits per heavy atom. The van der Waals surface area contributed by atoms with Gasteiger partial charge >= 0.3 is 0 Å². The van der Waals surface area contributed by atoms with Crippen LogP contribution < -0.4 is 10.1 Å². The van der Waals surface area contributed by atoms with E-state index in [0.29, 0.717) is 28.1 Å². The number of hydrogen-bond acceptors (Lipinski definition) is 3. The quantitative estimate of drug-likeness (QED) is 0.660. The van der Waals surface area contributed by atoms with Crippen LogP contribution in [-0.2, 0) is 6.61 Å². The highest BCUT2D eigenvalue weighted by Gasteiger charge is 2.09. The molecule has 0 unspecified atom stereocenters. The Morgan fingerprint density at radius 3 is 2.67 bits per heavy atom. The number of hydrogen-bond donors (Lipinski definition) is 1. The highest BCUT2D eigenvalue weighted by Crippen LogP contribution is 2.24. The minimum Gasteiger partial charge on any atom is -0.489 e. The van der Waals surface area contributed by atoms with Gasteiger partial charge in [0.1, 0.15) is 12.4 Å². The molecule has 4 nitrogen and oxygen atoms in total. The van der Waals surface area contributed by atoms with Crippen LogP contribution in [-0.4, -0.2) is 5.91 Å². The molecule has 122 valence electrons. The molecule has 1 N–H and O–H groups in total. The van der Waals surface area contributed by atoms with Gasteiger partial charge in [0, 0.05) is 11.8 Å². The normalized spacial score (nSPS) is 10.4. The molecule has 0 fully saturated rings.